The lowest BCUT2D eigenvalue weighted by Crippen LogP contribution is -2.32. The average Bonchev–Trinajstić information content (AvgIpc) is 2.46. The molecule has 0 aliphatic carbocycles. The molecule has 3 nitrogen and oxygen atoms in total. The van der Waals surface area contributed by atoms with Gasteiger partial charge in [0, 0.05) is 13.1 Å². The fraction of sp³-hybridized carbons (Fsp3) is 0.600. The van der Waals surface area contributed by atoms with E-state index in [2.05, 4.69) is 4.90 Å². The van der Waals surface area contributed by atoms with Gasteiger partial charge in [-0.15, -0.1) is 0 Å². The first kappa shape index (κ1) is 16.3. The lowest BCUT2D eigenvalue weighted by molar-refractivity contribution is -0.137. The quantitative estimate of drug-likeness (QED) is 0.835. The van der Waals surface area contributed by atoms with Crippen molar-refractivity contribution >= 4 is 0 Å². The molecule has 1 aliphatic rings. The largest absolute Gasteiger partial charge is 0.416 e. The van der Waals surface area contributed by atoms with Crippen LogP contribution in [-0.4, -0.2) is 44.4 Å². The minimum absolute atomic E-state index is 0.119. The molecule has 2 rings (SSSR count). The highest BCUT2D eigenvalue weighted by Gasteiger charge is 2.29. The lowest BCUT2D eigenvalue weighted by atomic mass is 10.1. The van der Waals surface area contributed by atoms with Crippen molar-refractivity contribution in [1.82, 2.24) is 4.90 Å². The molecule has 0 saturated carbocycles. The van der Waals surface area contributed by atoms with Crippen LogP contribution >= 0.6 is 0 Å². The summed E-state index contributed by atoms with van der Waals surface area (Å²) in [6.45, 7) is 3.33. The first-order valence-electron chi connectivity index (χ1n) is 6.99. The molecule has 0 amide bonds. The van der Waals surface area contributed by atoms with Crippen molar-refractivity contribution in [2.45, 2.75) is 25.2 Å². The van der Waals surface area contributed by atoms with Crippen LogP contribution < -0.4 is 0 Å². The van der Waals surface area contributed by atoms with Gasteiger partial charge in [-0.05, 0) is 31.2 Å². The van der Waals surface area contributed by atoms with Crippen molar-refractivity contribution in [3.8, 4) is 0 Å². The minimum atomic E-state index is -4.28. The SMILES string of the molecule is CN(CCC1COCCO1)Cc1ccc(C(F)(F)F)cc1. The highest BCUT2D eigenvalue weighted by Crippen LogP contribution is 2.29. The highest BCUT2D eigenvalue weighted by atomic mass is 19.4. The Bertz CT molecular complexity index is 428. The summed E-state index contributed by atoms with van der Waals surface area (Å²) < 4.78 is 48.3. The Kier molecular flexibility index (Phi) is 5.61. The summed E-state index contributed by atoms with van der Waals surface area (Å²) in [5.41, 5.74) is 0.257. The van der Waals surface area contributed by atoms with Crippen molar-refractivity contribution < 1.29 is 22.6 Å². The van der Waals surface area contributed by atoms with Gasteiger partial charge in [-0.2, -0.15) is 13.2 Å². The van der Waals surface area contributed by atoms with E-state index in [0.717, 1.165) is 30.7 Å². The zero-order chi connectivity index (χ0) is 15.3. The van der Waals surface area contributed by atoms with Gasteiger partial charge in [0.2, 0.25) is 0 Å². The fourth-order valence-electron chi connectivity index (χ4n) is 2.26. The summed E-state index contributed by atoms with van der Waals surface area (Å²) in [4.78, 5) is 2.07. The van der Waals surface area contributed by atoms with E-state index in [4.69, 9.17) is 9.47 Å². The number of alkyl halides is 3. The molecule has 1 heterocycles. The van der Waals surface area contributed by atoms with Crippen molar-refractivity contribution in [1.29, 1.82) is 0 Å². The van der Waals surface area contributed by atoms with Crippen LogP contribution in [0.1, 0.15) is 17.5 Å². The second-order valence-electron chi connectivity index (χ2n) is 5.29. The Hall–Kier alpha value is -1.11. The second-order valence-corrected chi connectivity index (χ2v) is 5.29. The van der Waals surface area contributed by atoms with Crippen LogP contribution in [0.4, 0.5) is 13.2 Å². The number of ether oxygens (including phenoxy) is 2. The number of hydrogen-bond acceptors (Lipinski definition) is 3. The highest BCUT2D eigenvalue weighted by molar-refractivity contribution is 5.24. The molecule has 118 valence electrons. The lowest BCUT2D eigenvalue weighted by Gasteiger charge is -2.25. The number of benzene rings is 1. The zero-order valence-electron chi connectivity index (χ0n) is 12.0. The molecule has 0 spiro atoms. The number of nitrogens with zero attached hydrogens (tertiary/aromatic N) is 1. The van der Waals surface area contributed by atoms with Crippen LogP contribution in [0.2, 0.25) is 0 Å². The Morgan fingerprint density at radius 3 is 2.48 bits per heavy atom. The van der Waals surface area contributed by atoms with Gasteiger partial charge >= 0.3 is 6.18 Å². The number of rotatable bonds is 5. The summed E-state index contributed by atoms with van der Waals surface area (Å²) >= 11 is 0. The molecule has 0 aromatic heterocycles. The molecule has 0 bridgehead atoms. The van der Waals surface area contributed by atoms with E-state index in [1.807, 2.05) is 7.05 Å². The van der Waals surface area contributed by atoms with Crippen LogP contribution in [0.3, 0.4) is 0 Å². The van der Waals surface area contributed by atoms with E-state index in [-0.39, 0.29) is 6.10 Å². The van der Waals surface area contributed by atoms with Gasteiger partial charge in [0.25, 0.3) is 0 Å². The van der Waals surface area contributed by atoms with E-state index in [9.17, 15) is 13.2 Å². The van der Waals surface area contributed by atoms with E-state index in [0.29, 0.717) is 26.4 Å². The molecule has 1 unspecified atom stereocenters. The van der Waals surface area contributed by atoms with E-state index in [1.165, 1.54) is 12.1 Å². The first-order valence-corrected chi connectivity index (χ1v) is 6.99. The third kappa shape index (κ3) is 5.30. The molecule has 1 atom stereocenters. The summed E-state index contributed by atoms with van der Waals surface area (Å²) in [7, 11) is 1.95. The molecule has 1 saturated heterocycles. The maximum Gasteiger partial charge on any atom is 0.416 e. The van der Waals surface area contributed by atoms with Crippen LogP contribution in [0, 0.1) is 0 Å². The van der Waals surface area contributed by atoms with Crippen molar-refractivity contribution in [2.24, 2.45) is 0 Å². The molecule has 0 radical (unpaired) electrons. The minimum Gasteiger partial charge on any atom is -0.376 e. The first-order chi connectivity index (χ1) is 9.95. The van der Waals surface area contributed by atoms with Crippen molar-refractivity contribution in [2.75, 3.05) is 33.4 Å². The van der Waals surface area contributed by atoms with Gasteiger partial charge in [0.1, 0.15) is 0 Å². The zero-order valence-corrected chi connectivity index (χ0v) is 12.0. The van der Waals surface area contributed by atoms with Gasteiger partial charge < -0.3 is 14.4 Å². The van der Waals surface area contributed by atoms with E-state index >= 15 is 0 Å². The van der Waals surface area contributed by atoms with E-state index < -0.39 is 11.7 Å². The molecular formula is C15H20F3NO2. The summed E-state index contributed by atoms with van der Waals surface area (Å²) in [6, 6.07) is 5.31. The summed E-state index contributed by atoms with van der Waals surface area (Å²) in [5.74, 6) is 0. The third-order valence-corrected chi connectivity index (χ3v) is 3.45. The van der Waals surface area contributed by atoms with Crippen LogP contribution in [-0.2, 0) is 22.2 Å². The third-order valence-electron chi connectivity index (χ3n) is 3.45. The standard InChI is InChI=1S/C15H20F3NO2/c1-19(7-6-14-11-20-8-9-21-14)10-12-2-4-13(5-3-12)15(16,17)18/h2-5,14H,6-11H2,1H3. The fourth-order valence-corrected chi connectivity index (χ4v) is 2.26. The Labute approximate surface area is 122 Å². The van der Waals surface area contributed by atoms with Gasteiger partial charge in [-0.3, -0.25) is 0 Å². The Balaban J connectivity index is 1.78. The Morgan fingerprint density at radius 2 is 1.90 bits per heavy atom. The molecule has 1 fully saturated rings. The maximum absolute atomic E-state index is 12.5. The molecule has 0 N–H and O–H groups in total. The summed E-state index contributed by atoms with van der Waals surface area (Å²) in [6.07, 6.45) is -3.30. The molecule has 6 heteroatoms. The Morgan fingerprint density at radius 1 is 1.19 bits per heavy atom. The molecular weight excluding hydrogens is 283 g/mol. The second kappa shape index (κ2) is 7.24. The van der Waals surface area contributed by atoms with Gasteiger partial charge in [-0.1, -0.05) is 12.1 Å². The topological polar surface area (TPSA) is 21.7 Å². The molecule has 1 aliphatic heterocycles. The normalized spacial score (nSPS) is 20.0. The van der Waals surface area contributed by atoms with Gasteiger partial charge in [0.15, 0.2) is 0 Å². The predicted octanol–water partition coefficient (Wildman–Crippen LogP) is 2.94. The summed E-state index contributed by atoms with van der Waals surface area (Å²) in [5, 5.41) is 0. The van der Waals surface area contributed by atoms with Gasteiger partial charge in [0.05, 0.1) is 31.5 Å². The van der Waals surface area contributed by atoms with Crippen molar-refractivity contribution in [3.05, 3.63) is 35.4 Å². The molecule has 1 aromatic rings. The molecule has 21 heavy (non-hydrogen) atoms. The maximum atomic E-state index is 12.5. The van der Waals surface area contributed by atoms with Crippen LogP contribution in [0.15, 0.2) is 24.3 Å². The smallest absolute Gasteiger partial charge is 0.376 e. The molecule has 1 aromatic carbocycles. The van der Waals surface area contributed by atoms with E-state index in [1.54, 1.807) is 0 Å². The predicted molar refractivity (Wildman–Crippen MR) is 73.0 cm³/mol. The monoisotopic (exact) mass is 303 g/mol. The van der Waals surface area contributed by atoms with Crippen molar-refractivity contribution in [3.63, 3.8) is 0 Å². The van der Waals surface area contributed by atoms with Crippen LogP contribution in [0.5, 0.6) is 0 Å². The average molecular weight is 303 g/mol. The number of hydrogen-bond donors (Lipinski definition) is 0. The van der Waals surface area contributed by atoms with Gasteiger partial charge in [-0.25, -0.2) is 0 Å². The van der Waals surface area contributed by atoms with Crippen LogP contribution in [0.25, 0.3) is 0 Å². The number of halogens is 3.